The summed E-state index contributed by atoms with van der Waals surface area (Å²) in [6.45, 7) is 0.636. The minimum atomic E-state index is -6.58. The van der Waals surface area contributed by atoms with E-state index >= 15 is 0 Å². The molecular formula is C26H21F10NO2. The van der Waals surface area contributed by atoms with E-state index < -0.39 is 48.5 Å². The van der Waals surface area contributed by atoms with Crippen LogP contribution in [0.2, 0.25) is 0 Å². The Bertz CT molecular complexity index is 1270. The molecule has 2 atom stereocenters. The van der Waals surface area contributed by atoms with Gasteiger partial charge < -0.3 is 15.2 Å². The topological polar surface area (TPSA) is 41.5 Å². The smallest absolute Gasteiger partial charge is 0.457 e. The molecule has 3 rings (SSSR count). The van der Waals surface area contributed by atoms with Crippen molar-refractivity contribution < 1.29 is 53.7 Å². The number of ether oxygens (including phenoxy) is 1. The van der Waals surface area contributed by atoms with Crippen molar-refractivity contribution in [2.24, 2.45) is 0 Å². The van der Waals surface area contributed by atoms with Gasteiger partial charge in [-0.2, -0.15) is 43.9 Å². The molecule has 13 heteroatoms. The number of rotatable bonds is 9. The van der Waals surface area contributed by atoms with Crippen LogP contribution in [0, 0.1) is 6.92 Å². The molecule has 0 fully saturated rings. The van der Waals surface area contributed by atoms with Crippen LogP contribution in [0.15, 0.2) is 72.8 Å². The average molecular weight is 569 g/mol. The number of hydrogen-bond donors (Lipinski definition) is 2. The van der Waals surface area contributed by atoms with Crippen molar-refractivity contribution in [3.05, 3.63) is 95.1 Å². The zero-order valence-corrected chi connectivity index (χ0v) is 19.9. The van der Waals surface area contributed by atoms with Crippen LogP contribution < -0.4 is 10.1 Å². The van der Waals surface area contributed by atoms with E-state index in [0.29, 0.717) is 17.9 Å². The van der Waals surface area contributed by atoms with E-state index in [4.69, 9.17) is 4.74 Å². The van der Waals surface area contributed by atoms with E-state index in [9.17, 15) is 49.0 Å². The predicted octanol–water partition coefficient (Wildman–Crippen LogP) is 7.68. The Morgan fingerprint density at radius 3 is 1.85 bits per heavy atom. The second-order valence-electron chi connectivity index (χ2n) is 8.66. The number of aliphatic hydroxyl groups is 1. The molecule has 3 nitrogen and oxygen atoms in total. The molecule has 0 aliphatic heterocycles. The molecule has 0 spiro atoms. The van der Waals surface area contributed by atoms with Crippen LogP contribution in [0.1, 0.15) is 28.3 Å². The zero-order chi connectivity index (χ0) is 29.2. The van der Waals surface area contributed by atoms with Crippen molar-refractivity contribution >= 4 is 0 Å². The Morgan fingerprint density at radius 1 is 0.744 bits per heavy atom. The standard InChI is InChI=1S/C26H21F10NO2/c1-15-5-2-9-19(11-15)39-20-10-4-7-17(13-20)22(37-14-21(38)24(29,30)31)16-6-3-8-18(12-16)23(27,28)25(32,33)26(34,35)36/h2-13,21-22,37-38H,14H2,1H3/t21-,22?/m1/s1. The maximum absolute atomic E-state index is 14.4. The molecule has 39 heavy (non-hydrogen) atoms. The van der Waals surface area contributed by atoms with Crippen molar-refractivity contribution in [1.29, 1.82) is 0 Å². The normalized spacial score (nSPS) is 14.7. The van der Waals surface area contributed by atoms with Crippen molar-refractivity contribution in [3.63, 3.8) is 0 Å². The zero-order valence-electron chi connectivity index (χ0n) is 19.9. The molecule has 0 aromatic heterocycles. The lowest BCUT2D eigenvalue weighted by atomic mass is 9.93. The summed E-state index contributed by atoms with van der Waals surface area (Å²) in [5.41, 5.74) is -1.15. The summed E-state index contributed by atoms with van der Waals surface area (Å²) < 4.78 is 139. The molecule has 3 aromatic rings. The Labute approximate surface area is 216 Å². The fraction of sp³-hybridized carbons (Fsp3) is 0.308. The number of alkyl halides is 10. The van der Waals surface area contributed by atoms with Crippen LogP contribution in [0.5, 0.6) is 11.5 Å². The SMILES string of the molecule is Cc1cccc(Oc2cccc(C(NC[C@@H](O)C(F)(F)F)c3cccc(C(F)(F)C(F)(F)C(F)(F)F)c3)c2)c1. The van der Waals surface area contributed by atoms with Gasteiger partial charge in [0.25, 0.3) is 0 Å². The minimum Gasteiger partial charge on any atom is -0.457 e. The Hall–Kier alpha value is -3.32. The molecule has 0 aliphatic rings. The van der Waals surface area contributed by atoms with E-state index in [1.165, 1.54) is 24.3 Å². The third kappa shape index (κ3) is 6.82. The number of hydrogen-bond acceptors (Lipinski definition) is 3. The molecule has 0 saturated carbocycles. The fourth-order valence-electron chi connectivity index (χ4n) is 3.62. The van der Waals surface area contributed by atoms with Crippen LogP contribution >= 0.6 is 0 Å². The van der Waals surface area contributed by atoms with E-state index in [0.717, 1.165) is 17.7 Å². The quantitative estimate of drug-likeness (QED) is 0.260. The van der Waals surface area contributed by atoms with Gasteiger partial charge in [0, 0.05) is 12.1 Å². The molecule has 0 bridgehead atoms. The number of halogens is 10. The third-order valence-corrected chi connectivity index (χ3v) is 5.64. The van der Waals surface area contributed by atoms with Crippen molar-refractivity contribution in [1.82, 2.24) is 5.32 Å². The predicted molar refractivity (Wildman–Crippen MR) is 121 cm³/mol. The summed E-state index contributed by atoms with van der Waals surface area (Å²) in [6, 6.07) is 13.4. The van der Waals surface area contributed by atoms with Crippen LogP contribution in [0.25, 0.3) is 0 Å². The summed E-state index contributed by atoms with van der Waals surface area (Å²) in [5, 5.41) is 11.8. The van der Waals surface area contributed by atoms with Gasteiger partial charge in [0.15, 0.2) is 6.10 Å². The molecule has 0 radical (unpaired) electrons. The number of aliphatic hydroxyl groups excluding tert-OH is 1. The molecule has 3 aromatic carbocycles. The van der Waals surface area contributed by atoms with E-state index in [-0.39, 0.29) is 16.9 Å². The van der Waals surface area contributed by atoms with Gasteiger partial charge in [-0.15, -0.1) is 0 Å². The summed E-state index contributed by atoms with van der Waals surface area (Å²) >= 11 is 0. The summed E-state index contributed by atoms with van der Waals surface area (Å²) in [6.07, 6.45) is -14.5. The molecular weight excluding hydrogens is 548 g/mol. The van der Waals surface area contributed by atoms with Gasteiger partial charge in [-0.25, -0.2) is 0 Å². The first-order chi connectivity index (χ1) is 17.9. The highest BCUT2D eigenvalue weighted by Gasteiger charge is 2.73. The number of nitrogens with one attached hydrogen (secondary N) is 1. The lowest BCUT2D eigenvalue weighted by Gasteiger charge is -2.29. The highest BCUT2D eigenvalue weighted by molar-refractivity contribution is 5.41. The second-order valence-corrected chi connectivity index (χ2v) is 8.66. The van der Waals surface area contributed by atoms with E-state index in [1.807, 2.05) is 0 Å². The van der Waals surface area contributed by atoms with E-state index in [1.54, 1.807) is 31.2 Å². The van der Waals surface area contributed by atoms with Gasteiger partial charge in [0.1, 0.15) is 11.5 Å². The maximum atomic E-state index is 14.4. The highest BCUT2D eigenvalue weighted by atomic mass is 19.4. The summed E-state index contributed by atoms with van der Waals surface area (Å²) in [7, 11) is 0. The lowest BCUT2D eigenvalue weighted by molar-refractivity contribution is -0.359. The summed E-state index contributed by atoms with van der Waals surface area (Å²) in [5.74, 6) is -11.6. The third-order valence-electron chi connectivity index (χ3n) is 5.64. The number of aryl methyl sites for hydroxylation is 1. The first-order valence-corrected chi connectivity index (χ1v) is 11.2. The van der Waals surface area contributed by atoms with Crippen LogP contribution in [-0.4, -0.2) is 36.0 Å². The second kappa shape index (κ2) is 11.0. The molecule has 0 amide bonds. The summed E-state index contributed by atoms with van der Waals surface area (Å²) in [4.78, 5) is 0. The minimum absolute atomic E-state index is 0.0811. The molecule has 2 N–H and O–H groups in total. The average Bonchev–Trinajstić information content (AvgIpc) is 2.83. The Balaban J connectivity index is 2.04. The van der Waals surface area contributed by atoms with Crippen LogP contribution in [-0.2, 0) is 5.92 Å². The van der Waals surface area contributed by atoms with Crippen LogP contribution in [0.3, 0.4) is 0 Å². The monoisotopic (exact) mass is 569 g/mol. The Morgan fingerprint density at radius 2 is 1.28 bits per heavy atom. The Kier molecular flexibility index (Phi) is 8.56. The fourth-order valence-corrected chi connectivity index (χ4v) is 3.62. The van der Waals surface area contributed by atoms with Gasteiger partial charge >= 0.3 is 24.2 Å². The van der Waals surface area contributed by atoms with Crippen molar-refractivity contribution in [3.8, 4) is 11.5 Å². The maximum Gasteiger partial charge on any atom is 0.460 e. The molecule has 212 valence electrons. The molecule has 1 unspecified atom stereocenters. The lowest BCUT2D eigenvalue weighted by Crippen LogP contribution is -2.50. The largest absolute Gasteiger partial charge is 0.460 e. The van der Waals surface area contributed by atoms with Gasteiger partial charge in [0.2, 0.25) is 0 Å². The highest BCUT2D eigenvalue weighted by Crippen LogP contribution is 2.52. The van der Waals surface area contributed by atoms with Gasteiger partial charge in [0.05, 0.1) is 6.04 Å². The van der Waals surface area contributed by atoms with Gasteiger partial charge in [-0.3, -0.25) is 0 Å². The van der Waals surface area contributed by atoms with E-state index in [2.05, 4.69) is 5.32 Å². The van der Waals surface area contributed by atoms with Crippen LogP contribution in [0.4, 0.5) is 43.9 Å². The van der Waals surface area contributed by atoms with Crippen molar-refractivity contribution in [2.45, 2.75) is 43.3 Å². The van der Waals surface area contributed by atoms with Gasteiger partial charge in [-0.1, -0.05) is 42.5 Å². The first-order valence-electron chi connectivity index (χ1n) is 11.2. The molecule has 0 heterocycles. The molecule has 0 saturated heterocycles. The first kappa shape index (κ1) is 30.2. The molecule has 0 aliphatic carbocycles. The number of benzene rings is 3. The van der Waals surface area contributed by atoms with Gasteiger partial charge in [-0.05, 0) is 53.9 Å². The van der Waals surface area contributed by atoms with Crippen molar-refractivity contribution in [2.75, 3.05) is 6.54 Å².